The molecule has 0 unspecified atom stereocenters. The zero-order valence-electron chi connectivity index (χ0n) is 18.0. The third-order valence-electron chi connectivity index (χ3n) is 5.49. The second-order valence-corrected chi connectivity index (χ2v) is 8.12. The highest BCUT2D eigenvalue weighted by molar-refractivity contribution is 5.14. The summed E-state index contributed by atoms with van der Waals surface area (Å²) in [5.74, 6) is 0. The van der Waals surface area contributed by atoms with E-state index in [0.717, 1.165) is 6.42 Å². The Kier molecular flexibility index (Phi) is 18.9. The van der Waals surface area contributed by atoms with Crippen LogP contribution < -0.4 is 0 Å². The topological polar surface area (TPSA) is 0 Å². The monoisotopic (exact) mass is 369 g/mol. The number of hydrogen-bond donors (Lipinski definition) is 0. The lowest BCUT2D eigenvalue weighted by atomic mass is 10.0. The zero-order valence-corrected chi connectivity index (χ0v) is 18.0. The lowest BCUT2D eigenvalue weighted by molar-refractivity contribution is 0.526. The normalized spacial score (nSPS) is 26.4. The molecule has 0 spiro atoms. The second kappa shape index (κ2) is 21.3. The van der Waals surface area contributed by atoms with Gasteiger partial charge >= 0.3 is 0 Å². The van der Waals surface area contributed by atoms with Crippen molar-refractivity contribution in [1.29, 1.82) is 0 Å². The molecule has 0 saturated heterocycles. The van der Waals surface area contributed by atoms with Crippen LogP contribution in [0.5, 0.6) is 0 Å². The largest absolute Gasteiger partial charge is 0.0845 e. The Morgan fingerprint density at radius 2 is 0.778 bits per heavy atom. The van der Waals surface area contributed by atoms with E-state index in [-0.39, 0.29) is 0 Å². The van der Waals surface area contributed by atoms with E-state index in [0.29, 0.717) is 0 Å². The smallest absolute Gasteiger partial charge is 0.0276 e. The second-order valence-electron chi connectivity index (χ2n) is 8.12. The highest BCUT2D eigenvalue weighted by Crippen LogP contribution is 2.14. The fraction of sp³-hybridized carbons (Fsp3) is 0.704. The van der Waals surface area contributed by atoms with Crippen LogP contribution in [0.25, 0.3) is 0 Å². The van der Waals surface area contributed by atoms with Crippen LogP contribution in [-0.4, -0.2) is 0 Å². The van der Waals surface area contributed by atoms with Crippen LogP contribution in [0.2, 0.25) is 0 Å². The quantitative estimate of drug-likeness (QED) is 0.399. The van der Waals surface area contributed by atoms with Crippen LogP contribution in [0.15, 0.2) is 42.5 Å². The minimum atomic E-state index is 1.11. The van der Waals surface area contributed by atoms with Crippen molar-refractivity contribution in [3.8, 4) is 0 Å². The Hall–Kier alpha value is -1.04. The van der Waals surface area contributed by atoms with Crippen LogP contribution in [0.4, 0.5) is 0 Å². The van der Waals surface area contributed by atoms with Crippen molar-refractivity contribution in [3.05, 3.63) is 48.6 Å². The average molecular weight is 370 g/mol. The predicted molar refractivity (Wildman–Crippen MR) is 123 cm³/mol. The maximum atomic E-state index is 3.39. The zero-order chi connectivity index (χ0) is 19.1. The third kappa shape index (κ3) is 19.5. The van der Waals surface area contributed by atoms with Crippen LogP contribution in [-0.2, 0) is 0 Å². The summed E-state index contributed by atoms with van der Waals surface area (Å²) in [4.78, 5) is 0. The Morgan fingerprint density at radius 1 is 0.370 bits per heavy atom. The molecule has 0 fully saturated rings. The molecule has 1 aliphatic rings. The van der Waals surface area contributed by atoms with Gasteiger partial charge in [-0.05, 0) is 31.8 Å². The van der Waals surface area contributed by atoms with Gasteiger partial charge in [0.15, 0.2) is 0 Å². The summed E-state index contributed by atoms with van der Waals surface area (Å²) in [6.45, 7) is 0. The van der Waals surface area contributed by atoms with E-state index >= 15 is 0 Å². The number of hydrogen-bond acceptors (Lipinski definition) is 0. The van der Waals surface area contributed by atoms with Gasteiger partial charge in [-0.1, -0.05) is 139 Å². The fourth-order valence-electron chi connectivity index (χ4n) is 3.72. The minimum absolute atomic E-state index is 1.11. The Balaban J connectivity index is 2.17. The molecular formula is C27H45. The van der Waals surface area contributed by atoms with E-state index in [9.17, 15) is 0 Å². The summed E-state index contributed by atoms with van der Waals surface area (Å²) in [6, 6.07) is 0. The van der Waals surface area contributed by atoms with Crippen LogP contribution in [0, 0.1) is 6.08 Å². The van der Waals surface area contributed by atoms with Gasteiger partial charge in [-0.2, -0.15) is 0 Å². The fourth-order valence-corrected chi connectivity index (χ4v) is 3.72. The van der Waals surface area contributed by atoms with Gasteiger partial charge < -0.3 is 0 Å². The maximum absolute atomic E-state index is 3.39. The molecule has 0 heteroatoms. The van der Waals surface area contributed by atoms with E-state index < -0.39 is 0 Å². The average Bonchev–Trinajstić information content (AvgIpc) is 2.68. The lowest BCUT2D eigenvalue weighted by Gasteiger charge is -2.03. The van der Waals surface area contributed by atoms with Gasteiger partial charge in [-0.3, -0.25) is 0 Å². The molecule has 0 aliphatic heterocycles. The summed E-state index contributed by atoms with van der Waals surface area (Å²) in [5.41, 5.74) is 0. The molecule has 0 nitrogen and oxygen atoms in total. The first-order valence-electron chi connectivity index (χ1n) is 12.1. The molecule has 1 radical (unpaired) electrons. The van der Waals surface area contributed by atoms with Gasteiger partial charge in [-0.15, -0.1) is 0 Å². The highest BCUT2D eigenvalue weighted by atomic mass is 14.0. The first-order chi connectivity index (χ1) is 13.5. The maximum Gasteiger partial charge on any atom is -0.0276 e. The molecule has 0 aromatic heterocycles. The van der Waals surface area contributed by atoms with Crippen molar-refractivity contribution >= 4 is 0 Å². The number of allylic oxidation sites excluding steroid dienone is 8. The summed E-state index contributed by atoms with van der Waals surface area (Å²) in [6.07, 6.45) is 45.0. The van der Waals surface area contributed by atoms with Crippen molar-refractivity contribution in [2.24, 2.45) is 0 Å². The van der Waals surface area contributed by atoms with Crippen LogP contribution >= 0.6 is 0 Å². The molecule has 153 valence electrons. The van der Waals surface area contributed by atoms with Crippen molar-refractivity contribution in [2.75, 3.05) is 0 Å². The van der Waals surface area contributed by atoms with E-state index in [4.69, 9.17) is 0 Å². The predicted octanol–water partition coefficient (Wildman–Crippen LogP) is 9.44. The van der Waals surface area contributed by atoms with E-state index in [1.54, 1.807) is 0 Å². The standard InChI is InChI=1S/C27H45/c1-2-4-6-8-10-12-14-16-18-20-22-24-26-27-25-23-21-19-17-15-13-11-9-7-5-3-1/h1-7H,8,10-27H2/b2-1+,5-3+,6-4+,9-7?. The van der Waals surface area contributed by atoms with Crippen LogP contribution in [0.3, 0.4) is 0 Å². The van der Waals surface area contributed by atoms with Crippen molar-refractivity contribution in [3.63, 3.8) is 0 Å². The van der Waals surface area contributed by atoms with E-state index in [2.05, 4.69) is 48.6 Å². The summed E-state index contributed by atoms with van der Waals surface area (Å²) in [7, 11) is 0. The Bertz CT molecular complexity index is 358. The van der Waals surface area contributed by atoms with Crippen molar-refractivity contribution in [1.82, 2.24) is 0 Å². The Morgan fingerprint density at radius 3 is 1.33 bits per heavy atom. The van der Waals surface area contributed by atoms with E-state index in [1.807, 2.05) is 0 Å². The third-order valence-corrected chi connectivity index (χ3v) is 5.49. The molecule has 0 amide bonds. The van der Waals surface area contributed by atoms with Gasteiger partial charge in [0.2, 0.25) is 0 Å². The van der Waals surface area contributed by atoms with Gasteiger partial charge in [0.25, 0.3) is 0 Å². The summed E-state index contributed by atoms with van der Waals surface area (Å²) >= 11 is 0. The molecule has 1 rings (SSSR count). The summed E-state index contributed by atoms with van der Waals surface area (Å²) in [5, 5.41) is 0. The highest BCUT2D eigenvalue weighted by Gasteiger charge is 1.95. The number of rotatable bonds is 0. The lowest BCUT2D eigenvalue weighted by Crippen LogP contribution is -1.84. The van der Waals surface area contributed by atoms with E-state index in [1.165, 1.54) is 116 Å². The molecule has 0 N–H and O–H groups in total. The molecule has 0 atom stereocenters. The SMILES string of the molecule is [C]1=C/C=C/C=C/C=C/CCCCCCCCCCCCCCCCCCC/1. The molecular weight excluding hydrogens is 324 g/mol. The Labute approximate surface area is 170 Å². The van der Waals surface area contributed by atoms with Gasteiger partial charge in [-0.25, -0.2) is 0 Å². The van der Waals surface area contributed by atoms with Crippen LogP contribution in [0.1, 0.15) is 122 Å². The minimum Gasteiger partial charge on any atom is -0.0845 e. The molecule has 0 aromatic carbocycles. The molecule has 0 saturated carbocycles. The molecule has 0 aromatic rings. The molecule has 1 aliphatic carbocycles. The van der Waals surface area contributed by atoms with Crippen molar-refractivity contribution < 1.29 is 0 Å². The molecule has 0 heterocycles. The first kappa shape index (κ1) is 24.0. The van der Waals surface area contributed by atoms with Crippen molar-refractivity contribution in [2.45, 2.75) is 122 Å². The first-order valence-corrected chi connectivity index (χ1v) is 12.1. The van der Waals surface area contributed by atoms with Gasteiger partial charge in [0.1, 0.15) is 0 Å². The molecule has 0 bridgehead atoms. The van der Waals surface area contributed by atoms with Gasteiger partial charge in [0.05, 0.1) is 0 Å². The summed E-state index contributed by atoms with van der Waals surface area (Å²) < 4.78 is 0. The van der Waals surface area contributed by atoms with Gasteiger partial charge in [0, 0.05) is 0 Å². The molecule has 27 heavy (non-hydrogen) atoms.